The first-order valence-corrected chi connectivity index (χ1v) is 11.5. The molecule has 38 heavy (non-hydrogen) atoms. The molecule has 9 N–H and O–H groups in total. The van der Waals surface area contributed by atoms with Crippen molar-refractivity contribution in [1.82, 2.24) is 16.0 Å². The Balaban J connectivity index is 2.28. The first-order valence-electron chi connectivity index (χ1n) is 11.5. The van der Waals surface area contributed by atoms with Crippen LogP contribution < -0.4 is 21.7 Å². The average molecular weight is 531 g/mol. The number of phenolic OH excluding ortho intramolecular Hbond substituents is 2. The molecule has 0 saturated heterocycles. The standard InChI is InChI=1S/C25H30N4O9/c1-13(26)22(34)27-19(12-21(32)33)24(36)28-18(10-14-2-6-16(30)7-3-14)23(35)29-20(25(37)38)11-15-4-8-17(31)9-5-15/h2-9,13,18-20,30-31H,10-12,26H2,1H3,(H,27,34)(H,28,36)(H,29,35)(H,32,33)(H,37,38). The number of carboxylic acid groups (broad SMARTS) is 2. The van der Waals surface area contributed by atoms with Crippen molar-refractivity contribution in [3.8, 4) is 11.5 Å². The summed E-state index contributed by atoms with van der Waals surface area (Å²) in [6.45, 7) is 1.34. The van der Waals surface area contributed by atoms with E-state index in [4.69, 9.17) is 5.73 Å². The fourth-order valence-corrected chi connectivity index (χ4v) is 3.38. The minimum Gasteiger partial charge on any atom is -0.508 e. The Bertz CT molecular complexity index is 1150. The summed E-state index contributed by atoms with van der Waals surface area (Å²) in [6.07, 6.45) is -1.08. The zero-order chi connectivity index (χ0) is 28.4. The SMILES string of the molecule is CC(N)C(=O)NC(CC(=O)O)C(=O)NC(Cc1ccc(O)cc1)C(=O)NC(Cc1ccc(O)cc1)C(=O)O. The van der Waals surface area contributed by atoms with E-state index in [1.165, 1.54) is 55.5 Å². The molecule has 0 aliphatic carbocycles. The number of nitrogens with two attached hydrogens (primary N) is 1. The summed E-state index contributed by atoms with van der Waals surface area (Å²) in [5.74, 6) is -5.47. The van der Waals surface area contributed by atoms with E-state index in [0.29, 0.717) is 11.1 Å². The van der Waals surface area contributed by atoms with Gasteiger partial charge in [0.25, 0.3) is 0 Å². The normalized spacial score (nSPS) is 13.8. The van der Waals surface area contributed by atoms with Gasteiger partial charge in [0.2, 0.25) is 17.7 Å². The molecule has 2 aromatic rings. The van der Waals surface area contributed by atoms with Crippen molar-refractivity contribution in [2.24, 2.45) is 5.73 Å². The number of carboxylic acids is 2. The summed E-state index contributed by atoms with van der Waals surface area (Å²) in [5.41, 5.74) is 6.49. The van der Waals surface area contributed by atoms with Gasteiger partial charge < -0.3 is 42.1 Å². The number of nitrogens with one attached hydrogen (secondary N) is 3. The number of carbonyl (C=O) groups excluding carboxylic acids is 3. The first kappa shape index (κ1) is 29.6. The van der Waals surface area contributed by atoms with Crippen molar-refractivity contribution in [2.75, 3.05) is 0 Å². The summed E-state index contributed by atoms with van der Waals surface area (Å²) in [6, 6.07) is 6.01. The van der Waals surface area contributed by atoms with Crippen LogP contribution in [0.1, 0.15) is 24.5 Å². The third kappa shape index (κ3) is 9.43. The number of aromatic hydroxyl groups is 2. The van der Waals surface area contributed by atoms with Crippen molar-refractivity contribution in [3.63, 3.8) is 0 Å². The van der Waals surface area contributed by atoms with E-state index in [0.717, 1.165) is 0 Å². The van der Waals surface area contributed by atoms with Crippen LogP contribution in [0.2, 0.25) is 0 Å². The van der Waals surface area contributed by atoms with Gasteiger partial charge in [-0.25, -0.2) is 4.79 Å². The Hall–Kier alpha value is -4.65. The molecule has 0 bridgehead atoms. The Morgan fingerprint density at radius 3 is 1.50 bits per heavy atom. The maximum Gasteiger partial charge on any atom is 0.326 e. The van der Waals surface area contributed by atoms with E-state index in [-0.39, 0.29) is 24.3 Å². The summed E-state index contributed by atoms with van der Waals surface area (Å²) in [4.78, 5) is 61.3. The number of amides is 3. The van der Waals surface area contributed by atoms with Crippen molar-refractivity contribution in [3.05, 3.63) is 59.7 Å². The Labute approximate surface area is 217 Å². The van der Waals surface area contributed by atoms with Crippen LogP contribution in [0.25, 0.3) is 0 Å². The van der Waals surface area contributed by atoms with Gasteiger partial charge in [-0.2, -0.15) is 0 Å². The van der Waals surface area contributed by atoms with Gasteiger partial charge in [-0.1, -0.05) is 24.3 Å². The molecule has 0 heterocycles. The molecule has 4 atom stereocenters. The van der Waals surface area contributed by atoms with Gasteiger partial charge in [0, 0.05) is 12.8 Å². The Kier molecular flexibility index (Phi) is 10.6. The predicted octanol–water partition coefficient (Wildman–Crippen LogP) is -0.756. The molecular formula is C25H30N4O9. The van der Waals surface area contributed by atoms with E-state index < -0.39 is 60.2 Å². The monoisotopic (exact) mass is 530 g/mol. The summed E-state index contributed by atoms with van der Waals surface area (Å²) in [7, 11) is 0. The van der Waals surface area contributed by atoms with Gasteiger partial charge in [-0.3, -0.25) is 19.2 Å². The minimum atomic E-state index is -1.56. The highest BCUT2D eigenvalue weighted by molar-refractivity contribution is 5.95. The van der Waals surface area contributed by atoms with Crippen molar-refractivity contribution >= 4 is 29.7 Å². The van der Waals surface area contributed by atoms with Crippen LogP contribution in [-0.4, -0.2) is 74.3 Å². The smallest absolute Gasteiger partial charge is 0.326 e. The number of aliphatic carboxylic acids is 2. The fraction of sp³-hybridized carbons (Fsp3) is 0.320. The number of phenols is 2. The molecule has 13 nitrogen and oxygen atoms in total. The van der Waals surface area contributed by atoms with Crippen molar-refractivity contribution < 1.29 is 44.4 Å². The largest absolute Gasteiger partial charge is 0.508 e. The van der Waals surface area contributed by atoms with Crippen molar-refractivity contribution in [1.29, 1.82) is 0 Å². The molecule has 13 heteroatoms. The highest BCUT2D eigenvalue weighted by Gasteiger charge is 2.31. The fourth-order valence-electron chi connectivity index (χ4n) is 3.38. The molecule has 3 amide bonds. The topological polar surface area (TPSA) is 228 Å². The number of hydrogen-bond donors (Lipinski definition) is 8. The van der Waals surface area contributed by atoms with Gasteiger partial charge in [-0.05, 0) is 42.3 Å². The lowest BCUT2D eigenvalue weighted by molar-refractivity contribution is -0.143. The molecule has 4 unspecified atom stereocenters. The molecular weight excluding hydrogens is 500 g/mol. The van der Waals surface area contributed by atoms with Gasteiger partial charge in [0.05, 0.1) is 12.5 Å². The highest BCUT2D eigenvalue weighted by Crippen LogP contribution is 2.14. The molecule has 0 saturated carbocycles. The second-order valence-corrected chi connectivity index (χ2v) is 8.65. The van der Waals surface area contributed by atoms with E-state index in [2.05, 4.69) is 16.0 Å². The predicted molar refractivity (Wildman–Crippen MR) is 133 cm³/mol. The molecule has 0 aliphatic heterocycles. The van der Waals surface area contributed by atoms with Crippen LogP contribution in [0.4, 0.5) is 0 Å². The molecule has 0 radical (unpaired) electrons. The third-order valence-electron chi connectivity index (χ3n) is 5.43. The summed E-state index contributed by atoms with van der Waals surface area (Å²) >= 11 is 0. The third-order valence-corrected chi connectivity index (χ3v) is 5.43. The van der Waals surface area contributed by atoms with Crippen LogP contribution in [0.3, 0.4) is 0 Å². The maximum absolute atomic E-state index is 13.2. The number of rotatable bonds is 13. The second-order valence-electron chi connectivity index (χ2n) is 8.65. The molecule has 0 aliphatic rings. The zero-order valence-electron chi connectivity index (χ0n) is 20.5. The lowest BCUT2D eigenvalue weighted by Gasteiger charge is -2.24. The van der Waals surface area contributed by atoms with Crippen molar-refractivity contribution in [2.45, 2.75) is 50.4 Å². The second kappa shape index (κ2) is 13.6. The van der Waals surface area contributed by atoms with Gasteiger partial charge >= 0.3 is 11.9 Å². The van der Waals surface area contributed by atoms with E-state index in [9.17, 15) is 44.4 Å². The molecule has 0 spiro atoms. The molecule has 204 valence electrons. The van der Waals surface area contributed by atoms with Crippen LogP contribution in [0, 0.1) is 0 Å². The molecule has 2 rings (SSSR count). The highest BCUT2D eigenvalue weighted by atomic mass is 16.4. The molecule has 0 fully saturated rings. The quantitative estimate of drug-likeness (QED) is 0.161. The number of hydrogen-bond acceptors (Lipinski definition) is 8. The summed E-state index contributed by atoms with van der Waals surface area (Å²) in [5, 5.41) is 44.8. The lowest BCUT2D eigenvalue weighted by Crippen LogP contribution is -2.58. The molecule has 2 aromatic carbocycles. The number of benzene rings is 2. The molecule has 0 aromatic heterocycles. The maximum atomic E-state index is 13.2. The minimum absolute atomic E-state index is 0.0200. The van der Waals surface area contributed by atoms with E-state index in [1.807, 2.05) is 0 Å². The van der Waals surface area contributed by atoms with Crippen LogP contribution >= 0.6 is 0 Å². The van der Waals surface area contributed by atoms with E-state index >= 15 is 0 Å². The first-order chi connectivity index (χ1) is 17.8. The lowest BCUT2D eigenvalue weighted by atomic mass is 10.0. The average Bonchev–Trinajstić information content (AvgIpc) is 2.84. The van der Waals surface area contributed by atoms with Crippen LogP contribution in [0.15, 0.2) is 48.5 Å². The van der Waals surface area contributed by atoms with E-state index in [1.54, 1.807) is 0 Å². The Morgan fingerprint density at radius 1 is 0.684 bits per heavy atom. The summed E-state index contributed by atoms with van der Waals surface area (Å²) < 4.78 is 0. The van der Waals surface area contributed by atoms with Crippen LogP contribution in [0.5, 0.6) is 11.5 Å². The zero-order valence-corrected chi connectivity index (χ0v) is 20.5. The van der Waals surface area contributed by atoms with Gasteiger partial charge in [-0.15, -0.1) is 0 Å². The van der Waals surface area contributed by atoms with Gasteiger partial charge in [0.1, 0.15) is 29.6 Å². The van der Waals surface area contributed by atoms with Crippen LogP contribution in [-0.2, 0) is 36.8 Å². The van der Waals surface area contributed by atoms with Gasteiger partial charge in [0.15, 0.2) is 0 Å². The Morgan fingerprint density at radius 2 is 1.08 bits per heavy atom. The number of carbonyl (C=O) groups is 5.